The third-order valence-corrected chi connectivity index (χ3v) is 1.94. The molecule has 0 spiro atoms. The van der Waals surface area contributed by atoms with Crippen LogP contribution >= 0.6 is 0 Å². The fourth-order valence-electron chi connectivity index (χ4n) is 0.999. The van der Waals surface area contributed by atoms with E-state index in [0.717, 1.165) is 0 Å². The summed E-state index contributed by atoms with van der Waals surface area (Å²) < 4.78 is 4.34. The molecule has 2 atom stereocenters. The molecular weight excluding hydrogens is 216 g/mol. The van der Waals surface area contributed by atoms with Crippen LogP contribution in [0.2, 0.25) is 0 Å². The molecule has 0 aliphatic rings. The Labute approximate surface area is 92.7 Å². The van der Waals surface area contributed by atoms with E-state index in [1.807, 2.05) is 0 Å². The molecule has 7 heteroatoms. The van der Waals surface area contributed by atoms with Crippen molar-refractivity contribution in [2.45, 2.75) is 25.8 Å². The highest BCUT2D eigenvalue weighted by Crippen LogP contribution is 2.07. The summed E-state index contributed by atoms with van der Waals surface area (Å²) in [6.07, 6.45) is -0.340. The summed E-state index contributed by atoms with van der Waals surface area (Å²) in [6.45, 7) is 1.14. The first-order valence-corrected chi connectivity index (χ1v) is 4.77. The van der Waals surface area contributed by atoms with E-state index in [9.17, 15) is 14.4 Å². The number of amides is 1. The zero-order valence-corrected chi connectivity index (χ0v) is 9.01. The second-order valence-corrected chi connectivity index (χ2v) is 3.44. The Morgan fingerprint density at radius 2 is 1.94 bits per heavy atom. The van der Waals surface area contributed by atoms with Crippen molar-refractivity contribution in [1.82, 2.24) is 0 Å². The average molecular weight is 232 g/mol. The van der Waals surface area contributed by atoms with Crippen molar-refractivity contribution in [3.05, 3.63) is 0 Å². The predicted molar refractivity (Wildman–Crippen MR) is 53.8 cm³/mol. The molecule has 0 aliphatic heterocycles. The highest BCUT2D eigenvalue weighted by Gasteiger charge is 2.25. The van der Waals surface area contributed by atoms with Crippen LogP contribution in [0.3, 0.4) is 0 Å². The number of hydrogen-bond acceptors (Lipinski definition) is 6. The minimum absolute atomic E-state index is 0.0650. The first-order valence-electron chi connectivity index (χ1n) is 4.77. The van der Waals surface area contributed by atoms with Gasteiger partial charge in [0.2, 0.25) is 5.91 Å². The lowest BCUT2D eigenvalue weighted by Crippen LogP contribution is -2.40. The molecule has 0 aromatic rings. The van der Waals surface area contributed by atoms with Gasteiger partial charge in [0.1, 0.15) is 6.04 Å². The molecule has 0 aliphatic carbocycles. The zero-order valence-electron chi connectivity index (χ0n) is 9.01. The number of carbonyl (C=O) groups excluding carboxylic acids is 3. The number of aliphatic hydroxyl groups is 1. The predicted octanol–water partition coefficient (Wildman–Crippen LogP) is -1.72. The molecule has 0 saturated carbocycles. The quantitative estimate of drug-likeness (QED) is 0.368. The average Bonchev–Trinajstić information content (AvgIpc) is 2.15. The molecule has 0 aromatic carbocycles. The van der Waals surface area contributed by atoms with Crippen LogP contribution in [0, 0.1) is 5.92 Å². The van der Waals surface area contributed by atoms with E-state index in [1.165, 1.54) is 0 Å². The Morgan fingerprint density at radius 1 is 1.38 bits per heavy atom. The molecule has 0 aromatic heterocycles. The summed E-state index contributed by atoms with van der Waals surface area (Å²) in [5, 5.41) is 8.41. The van der Waals surface area contributed by atoms with Gasteiger partial charge in [-0.25, -0.2) is 4.79 Å². The number of aliphatic hydroxyl groups excluding tert-OH is 1. The number of carbonyl (C=O) groups is 3. The van der Waals surface area contributed by atoms with Crippen molar-refractivity contribution in [1.29, 1.82) is 0 Å². The van der Waals surface area contributed by atoms with Crippen molar-refractivity contribution in [3.63, 3.8) is 0 Å². The standard InChI is InChI=1S/C9H16N2O5/c1-5(4-6(10)13)8(11)9(15)16-7(14)2-3-12/h5,8,12H,2-4,11H2,1H3,(H2,10,13)/t5?,8-/m0/s1. The second kappa shape index (κ2) is 6.91. The monoisotopic (exact) mass is 232 g/mol. The number of esters is 2. The first kappa shape index (κ1) is 14.5. The van der Waals surface area contributed by atoms with Crippen molar-refractivity contribution in [2.75, 3.05) is 6.61 Å². The van der Waals surface area contributed by atoms with Crippen LogP contribution in [0.1, 0.15) is 19.8 Å². The minimum atomic E-state index is -1.09. The number of ether oxygens (including phenoxy) is 1. The van der Waals surface area contributed by atoms with Crippen LogP contribution in [0.15, 0.2) is 0 Å². The van der Waals surface area contributed by atoms with Gasteiger partial charge in [-0.05, 0) is 5.92 Å². The lowest BCUT2D eigenvalue weighted by atomic mass is 9.99. The highest BCUT2D eigenvalue weighted by molar-refractivity contribution is 5.88. The van der Waals surface area contributed by atoms with Gasteiger partial charge in [-0.2, -0.15) is 0 Å². The van der Waals surface area contributed by atoms with Gasteiger partial charge in [0.25, 0.3) is 0 Å². The van der Waals surface area contributed by atoms with Crippen molar-refractivity contribution in [3.8, 4) is 0 Å². The van der Waals surface area contributed by atoms with Gasteiger partial charge in [-0.15, -0.1) is 0 Å². The third kappa shape index (κ3) is 5.42. The molecule has 0 heterocycles. The fraction of sp³-hybridized carbons (Fsp3) is 0.667. The molecule has 0 rings (SSSR count). The largest absolute Gasteiger partial charge is 0.396 e. The van der Waals surface area contributed by atoms with Crippen LogP contribution in [-0.2, 0) is 19.1 Å². The minimum Gasteiger partial charge on any atom is -0.396 e. The number of nitrogens with two attached hydrogens (primary N) is 2. The molecule has 0 fully saturated rings. The van der Waals surface area contributed by atoms with Crippen LogP contribution in [0.4, 0.5) is 0 Å². The van der Waals surface area contributed by atoms with Gasteiger partial charge >= 0.3 is 11.9 Å². The van der Waals surface area contributed by atoms with E-state index < -0.39 is 36.4 Å². The highest BCUT2D eigenvalue weighted by atomic mass is 16.6. The molecule has 0 radical (unpaired) electrons. The van der Waals surface area contributed by atoms with Gasteiger partial charge in [-0.3, -0.25) is 9.59 Å². The lowest BCUT2D eigenvalue weighted by Gasteiger charge is -2.16. The summed E-state index contributed by atoms with van der Waals surface area (Å²) >= 11 is 0. The third-order valence-electron chi connectivity index (χ3n) is 1.94. The Hall–Kier alpha value is -1.47. The molecule has 0 bridgehead atoms. The van der Waals surface area contributed by atoms with Crippen LogP contribution in [-0.4, -0.2) is 35.6 Å². The molecule has 5 N–H and O–H groups in total. The van der Waals surface area contributed by atoms with E-state index in [4.69, 9.17) is 16.6 Å². The topological polar surface area (TPSA) is 133 Å². The Balaban J connectivity index is 4.16. The Bertz CT molecular complexity index is 279. The first-order chi connectivity index (χ1) is 7.38. The van der Waals surface area contributed by atoms with E-state index in [-0.39, 0.29) is 12.8 Å². The van der Waals surface area contributed by atoms with Crippen LogP contribution < -0.4 is 11.5 Å². The smallest absolute Gasteiger partial charge is 0.330 e. The summed E-state index contributed by atoms with van der Waals surface area (Å²) in [5.41, 5.74) is 10.4. The van der Waals surface area contributed by atoms with Gasteiger partial charge < -0.3 is 21.3 Å². The van der Waals surface area contributed by atoms with Gasteiger partial charge in [0.05, 0.1) is 13.0 Å². The Kier molecular flexibility index (Phi) is 6.28. The maximum Gasteiger partial charge on any atom is 0.330 e. The lowest BCUT2D eigenvalue weighted by molar-refractivity contribution is -0.161. The van der Waals surface area contributed by atoms with E-state index in [1.54, 1.807) is 6.92 Å². The fourth-order valence-corrected chi connectivity index (χ4v) is 0.999. The van der Waals surface area contributed by atoms with Gasteiger partial charge in [0.15, 0.2) is 0 Å². The molecule has 1 amide bonds. The number of rotatable bonds is 6. The summed E-state index contributed by atoms with van der Waals surface area (Å²) in [4.78, 5) is 32.7. The summed E-state index contributed by atoms with van der Waals surface area (Å²) in [7, 11) is 0. The summed E-state index contributed by atoms with van der Waals surface area (Å²) in [5.74, 6) is -2.87. The zero-order chi connectivity index (χ0) is 12.7. The maximum absolute atomic E-state index is 11.2. The van der Waals surface area contributed by atoms with Crippen molar-refractivity contribution < 1.29 is 24.2 Å². The maximum atomic E-state index is 11.2. The molecule has 16 heavy (non-hydrogen) atoms. The summed E-state index contributed by atoms with van der Waals surface area (Å²) in [6, 6.07) is -1.09. The van der Waals surface area contributed by atoms with E-state index >= 15 is 0 Å². The van der Waals surface area contributed by atoms with Crippen LogP contribution in [0.25, 0.3) is 0 Å². The normalized spacial score (nSPS) is 13.9. The van der Waals surface area contributed by atoms with Crippen LogP contribution in [0.5, 0.6) is 0 Å². The van der Waals surface area contributed by atoms with Gasteiger partial charge in [0, 0.05) is 6.42 Å². The Morgan fingerprint density at radius 3 is 2.38 bits per heavy atom. The molecule has 7 nitrogen and oxygen atoms in total. The van der Waals surface area contributed by atoms with Crippen molar-refractivity contribution in [2.24, 2.45) is 17.4 Å². The second-order valence-electron chi connectivity index (χ2n) is 3.44. The van der Waals surface area contributed by atoms with E-state index in [2.05, 4.69) is 4.74 Å². The molecule has 1 unspecified atom stereocenters. The number of primary amides is 1. The van der Waals surface area contributed by atoms with Crippen molar-refractivity contribution >= 4 is 17.8 Å². The number of hydrogen-bond donors (Lipinski definition) is 3. The molecule has 92 valence electrons. The molecular formula is C9H16N2O5. The SMILES string of the molecule is CC(CC(N)=O)[C@H](N)C(=O)OC(=O)CCO. The molecule has 0 saturated heterocycles. The van der Waals surface area contributed by atoms with Gasteiger partial charge in [-0.1, -0.05) is 6.92 Å². The van der Waals surface area contributed by atoms with E-state index in [0.29, 0.717) is 0 Å².